The average molecular weight is 986 g/mol. The predicted octanol–water partition coefficient (Wildman–Crippen LogP) is 7.20. The second kappa shape index (κ2) is 41.8. The van der Waals surface area contributed by atoms with Crippen molar-refractivity contribution in [2.45, 2.75) is 158 Å². The molecule has 0 aromatic heterocycles. The summed E-state index contributed by atoms with van der Waals surface area (Å²) in [5, 5.41) is 45.9. The first-order valence-electron chi connectivity index (χ1n) is 22.5. The van der Waals surface area contributed by atoms with Crippen molar-refractivity contribution < 1.29 is 68.3 Å². The second-order valence-electron chi connectivity index (χ2n) is 15.5. The van der Waals surface area contributed by atoms with Crippen LogP contribution in [0.5, 0.6) is 0 Å². The first kappa shape index (κ1) is 61.4. The maximum absolute atomic E-state index is 12.4. The molecule has 3 atom stereocenters. The molecule has 0 radical (unpaired) electrons. The molecule has 7 N–H and O–H groups in total. The summed E-state index contributed by atoms with van der Waals surface area (Å²) in [4.78, 5) is 95.1. The number of ether oxygens (including phenoxy) is 2. The number of carbonyl (C=O) groups is 8. The standard InChI is InChI=1S/C43H75N3O14S4/c1-61-63-43(64-62-2)46-36(42(57)58)18-15-16-24-44-37(49)22-21-33(41(55)56)30-35(48)31-60-28-27-59-26-25-45-38(50)23-20-32(40(53)54)29-34(47)17-13-11-9-7-5-3-4-6-8-10-12-14-19-39(51)52/h32-33,36,43,46H,3-31H2,1-2H3,(H,44,49)(H,45,50)(H,51,52)(H,53,54)(H,55,56)(H,57,58)/t32-,33-,36+/m1/s1. The Morgan fingerprint density at radius 2 is 0.953 bits per heavy atom. The molecule has 0 heterocycles. The molecule has 0 bridgehead atoms. The van der Waals surface area contributed by atoms with Crippen molar-refractivity contribution >= 4 is 90.4 Å². The van der Waals surface area contributed by atoms with Crippen LogP contribution in [0.1, 0.15) is 148 Å². The van der Waals surface area contributed by atoms with Crippen molar-refractivity contribution in [3.05, 3.63) is 0 Å². The third kappa shape index (κ3) is 37.6. The number of hydrogen-bond donors (Lipinski definition) is 7. The molecule has 0 saturated carbocycles. The van der Waals surface area contributed by atoms with Crippen LogP contribution in [0, 0.1) is 11.8 Å². The van der Waals surface area contributed by atoms with Gasteiger partial charge in [0.15, 0.2) is 5.78 Å². The highest BCUT2D eigenvalue weighted by Gasteiger charge is 2.24. The number of carbonyl (C=O) groups excluding carboxylic acids is 4. The van der Waals surface area contributed by atoms with E-state index in [4.69, 9.17) is 14.6 Å². The molecule has 17 nitrogen and oxygen atoms in total. The summed E-state index contributed by atoms with van der Waals surface area (Å²) in [6, 6.07) is -0.721. The van der Waals surface area contributed by atoms with Gasteiger partial charge in [-0.25, -0.2) is 0 Å². The molecule has 0 aliphatic rings. The minimum Gasteiger partial charge on any atom is -0.481 e. The van der Waals surface area contributed by atoms with Gasteiger partial charge in [0.25, 0.3) is 0 Å². The lowest BCUT2D eigenvalue weighted by molar-refractivity contribution is -0.145. The molecular weight excluding hydrogens is 911 g/mol. The van der Waals surface area contributed by atoms with E-state index >= 15 is 0 Å². The Bertz CT molecular complexity index is 1340. The first-order chi connectivity index (χ1) is 30.7. The summed E-state index contributed by atoms with van der Waals surface area (Å²) in [5.41, 5.74) is 0. The van der Waals surface area contributed by atoms with Crippen LogP contribution in [0.4, 0.5) is 0 Å². The molecule has 0 spiro atoms. The fraction of sp³-hybridized carbons (Fsp3) is 0.814. The van der Waals surface area contributed by atoms with Crippen LogP contribution in [0.25, 0.3) is 0 Å². The van der Waals surface area contributed by atoms with Crippen molar-refractivity contribution in [2.75, 3.05) is 52.0 Å². The summed E-state index contributed by atoms with van der Waals surface area (Å²) in [6.45, 7) is 0.446. The van der Waals surface area contributed by atoms with Crippen LogP contribution in [0.15, 0.2) is 0 Å². The molecule has 370 valence electrons. The van der Waals surface area contributed by atoms with Crippen molar-refractivity contribution in [3.8, 4) is 0 Å². The fourth-order valence-corrected chi connectivity index (χ4v) is 11.4. The van der Waals surface area contributed by atoms with Crippen LogP contribution in [-0.2, 0) is 47.8 Å². The van der Waals surface area contributed by atoms with Gasteiger partial charge in [-0.2, -0.15) is 0 Å². The van der Waals surface area contributed by atoms with Gasteiger partial charge in [0.2, 0.25) is 11.8 Å². The molecule has 0 saturated heterocycles. The second-order valence-corrected chi connectivity index (χ2v) is 21.0. The van der Waals surface area contributed by atoms with Gasteiger partial charge in [-0.1, -0.05) is 107 Å². The molecule has 0 unspecified atom stereocenters. The number of aliphatic carboxylic acids is 4. The van der Waals surface area contributed by atoms with Crippen LogP contribution in [0.2, 0.25) is 0 Å². The monoisotopic (exact) mass is 985 g/mol. The third-order valence-electron chi connectivity index (χ3n) is 10.1. The average Bonchev–Trinajstić information content (AvgIpc) is 3.23. The summed E-state index contributed by atoms with van der Waals surface area (Å²) in [6.07, 6.45) is 17.7. The number of nitrogens with one attached hydrogen (secondary N) is 3. The molecule has 0 aromatic rings. The maximum Gasteiger partial charge on any atom is 0.320 e. The smallest absolute Gasteiger partial charge is 0.320 e. The van der Waals surface area contributed by atoms with Gasteiger partial charge in [0, 0.05) is 51.6 Å². The fourth-order valence-electron chi connectivity index (χ4n) is 6.55. The third-order valence-corrected chi connectivity index (χ3v) is 14.8. The van der Waals surface area contributed by atoms with Crippen LogP contribution >= 0.6 is 43.2 Å². The van der Waals surface area contributed by atoms with Crippen molar-refractivity contribution in [1.82, 2.24) is 16.0 Å². The van der Waals surface area contributed by atoms with E-state index in [2.05, 4.69) is 16.0 Å². The Morgan fingerprint density at radius 1 is 0.484 bits per heavy atom. The Hall–Kier alpha value is -2.56. The van der Waals surface area contributed by atoms with Gasteiger partial charge >= 0.3 is 23.9 Å². The molecular formula is C43H75N3O14S4. The van der Waals surface area contributed by atoms with Gasteiger partial charge in [-0.15, -0.1) is 0 Å². The largest absolute Gasteiger partial charge is 0.481 e. The van der Waals surface area contributed by atoms with Gasteiger partial charge in [0.05, 0.1) is 31.7 Å². The molecule has 0 rings (SSSR count). The molecule has 0 fully saturated rings. The number of Topliss-reactive ketones (excluding diaryl/α,β-unsaturated/α-hetero) is 2. The quantitative estimate of drug-likeness (QED) is 0.0180. The first-order valence-corrected chi connectivity index (χ1v) is 27.7. The van der Waals surface area contributed by atoms with Gasteiger partial charge in [0.1, 0.15) is 23.1 Å². The lowest BCUT2D eigenvalue weighted by Crippen LogP contribution is -2.40. The predicted molar refractivity (Wildman–Crippen MR) is 254 cm³/mol. The summed E-state index contributed by atoms with van der Waals surface area (Å²) < 4.78 is 10.6. The van der Waals surface area contributed by atoms with E-state index in [1.54, 1.807) is 43.2 Å². The normalized spacial score (nSPS) is 12.7. The summed E-state index contributed by atoms with van der Waals surface area (Å²) in [7, 11) is 6.18. The van der Waals surface area contributed by atoms with E-state index in [1.807, 2.05) is 12.5 Å². The van der Waals surface area contributed by atoms with Gasteiger partial charge in [-0.3, -0.25) is 43.7 Å². The van der Waals surface area contributed by atoms with Crippen molar-refractivity contribution in [1.29, 1.82) is 0 Å². The zero-order valence-electron chi connectivity index (χ0n) is 37.8. The Morgan fingerprint density at radius 3 is 1.44 bits per heavy atom. The molecule has 21 heteroatoms. The topological polar surface area (TPSA) is 272 Å². The van der Waals surface area contributed by atoms with E-state index < -0.39 is 47.5 Å². The number of amides is 2. The van der Waals surface area contributed by atoms with Crippen LogP contribution in [0.3, 0.4) is 0 Å². The molecule has 2 amide bonds. The number of carboxylic acid groups (broad SMARTS) is 4. The Labute approximate surface area is 395 Å². The Kier molecular flexibility index (Phi) is 40.2. The van der Waals surface area contributed by atoms with Crippen LogP contribution < -0.4 is 16.0 Å². The minimum absolute atomic E-state index is 0.0332. The summed E-state index contributed by atoms with van der Waals surface area (Å²) in [5.74, 6) is -7.23. The Balaban J connectivity index is 4.05. The van der Waals surface area contributed by atoms with E-state index in [0.717, 1.165) is 57.8 Å². The molecule has 0 aliphatic heterocycles. The number of ketones is 2. The molecule has 64 heavy (non-hydrogen) atoms. The van der Waals surface area contributed by atoms with Crippen molar-refractivity contribution in [2.24, 2.45) is 11.8 Å². The van der Waals surface area contributed by atoms with E-state index in [9.17, 15) is 53.7 Å². The molecule has 0 aromatic carbocycles. The van der Waals surface area contributed by atoms with E-state index in [1.165, 1.54) is 19.3 Å². The number of hydrogen-bond acceptors (Lipinski definition) is 15. The molecule has 0 aliphatic carbocycles. The van der Waals surface area contributed by atoms with Gasteiger partial charge < -0.3 is 40.5 Å². The number of rotatable bonds is 47. The highest BCUT2D eigenvalue weighted by molar-refractivity contribution is 8.85. The van der Waals surface area contributed by atoms with Gasteiger partial charge in [-0.05, 0) is 57.5 Å². The number of carboxylic acids is 4. The summed E-state index contributed by atoms with van der Waals surface area (Å²) >= 11 is 0. The lowest BCUT2D eigenvalue weighted by Gasteiger charge is -2.20. The SMILES string of the molecule is CSSC(N[C@@H](CCCCNC(=O)CC[C@H](CC(=O)COCCOCCNC(=O)CC[C@H](CC(=O)CCCCCCCCCCCCCCC(=O)O)C(=O)O)C(=O)O)C(=O)O)SSC. The highest BCUT2D eigenvalue weighted by atomic mass is 33.1. The zero-order valence-corrected chi connectivity index (χ0v) is 41.1. The zero-order chi connectivity index (χ0) is 47.8. The van der Waals surface area contributed by atoms with Crippen molar-refractivity contribution in [3.63, 3.8) is 0 Å². The van der Waals surface area contributed by atoms with E-state index in [-0.39, 0.29) is 100 Å². The number of unbranched alkanes of at least 4 members (excludes halogenated alkanes) is 12. The van der Waals surface area contributed by atoms with E-state index in [0.29, 0.717) is 32.2 Å². The highest BCUT2D eigenvalue weighted by Crippen LogP contribution is 2.36. The lowest BCUT2D eigenvalue weighted by atomic mass is 9.94. The van der Waals surface area contributed by atoms with Crippen LogP contribution in [-0.4, -0.2) is 130 Å². The maximum atomic E-state index is 12.4. The minimum atomic E-state index is -1.19.